The number of thioether (sulfide) groups is 1. The Morgan fingerprint density at radius 3 is 2.28 bits per heavy atom. The van der Waals surface area contributed by atoms with Crippen molar-refractivity contribution in [3.63, 3.8) is 0 Å². The molecule has 0 heterocycles. The van der Waals surface area contributed by atoms with Crippen molar-refractivity contribution in [2.75, 3.05) is 31.5 Å². The molecule has 0 saturated heterocycles. The summed E-state index contributed by atoms with van der Waals surface area (Å²) >= 11 is 1.38. The summed E-state index contributed by atoms with van der Waals surface area (Å²) in [6.07, 6.45) is 2.15. The molecule has 1 atom stereocenters. The molecule has 3 N–H and O–H groups in total. The van der Waals surface area contributed by atoms with Crippen LogP contribution in [0, 0.1) is 0 Å². The second kappa shape index (κ2) is 16.7. The fourth-order valence-electron chi connectivity index (χ4n) is 4.43. The number of amides is 3. The average molecular weight is 640 g/mol. The average Bonchev–Trinajstić information content (AvgIpc) is 3.08. The maximum atomic E-state index is 13.6. The van der Waals surface area contributed by atoms with Crippen molar-refractivity contribution in [3.8, 4) is 17.2 Å². The minimum absolute atomic E-state index is 0.0401. The first kappa shape index (κ1) is 33.7. The van der Waals surface area contributed by atoms with Crippen molar-refractivity contribution in [2.45, 2.75) is 30.4 Å². The topological polar surface area (TPSA) is 115 Å². The van der Waals surface area contributed by atoms with E-state index in [1.54, 1.807) is 79.9 Å². The van der Waals surface area contributed by atoms with Crippen LogP contribution < -0.4 is 30.2 Å². The first-order valence-corrected chi connectivity index (χ1v) is 15.6. The first-order valence-electron chi connectivity index (χ1n) is 14.8. The smallest absolute Gasteiger partial charge is 0.272 e. The van der Waals surface area contributed by atoms with Crippen LogP contribution in [-0.2, 0) is 9.59 Å². The Labute approximate surface area is 273 Å². The van der Waals surface area contributed by atoms with Gasteiger partial charge in [0.05, 0.1) is 31.8 Å². The van der Waals surface area contributed by atoms with Gasteiger partial charge in [-0.15, -0.1) is 11.8 Å². The van der Waals surface area contributed by atoms with Gasteiger partial charge >= 0.3 is 0 Å². The van der Waals surface area contributed by atoms with Gasteiger partial charge in [-0.2, -0.15) is 0 Å². The number of ether oxygens (including phenoxy) is 3. The molecule has 4 aromatic carbocycles. The number of hydrogen-bond donors (Lipinski definition) is 3. The molecule has 0 spiro atoms. The van der Waals surface area contributed by atoms with E-state index in [0.717, 1.165) is 4.90 Å². The van der Waals surface area contributed by atoms with Gasteiger partial charge in [0.1, 0.15) is 22.9 Å². The molecule has 238 valence electrons. The van der Waals surface area contributed by atoms with Crippen LogP contribution in [0.15, 0.2) is 108 Å². The highest BCUT2D eigenvalue weighted by Gasteiger charge is 2.21. The standard InChI is InChI=1S/C36H37N3O6S/c1-5-33(36(42)38-29-20-19-27(43-3)23-32(29)44-4)46-28-17-12-16-26(22-28)37-35(41)30(39-34(40)24-13-8-7-9-14-24)21-25-15-10-11-18-31(25)45-6-2/h7-23,33H,5-6H2,1-4H3,(H,37,41)(H,38,42)(H,39,40)/b30-21+. The van der Waals surface area contributed by atoms with Crippen LogP contribution in [0.4, 0.5) is 11.4 Å². The highest BCUT2D eigenvalue weighted by Crippen LogP contribution is 2.32. The number of methoxy groups -OCH3 is 2. The molecular weight excluding hydrogens is 602 g/mol. The maximum Gasteiger partial charge on any atom is 0.272 e. The van der Waals surface area contributed by atoms with Crippen LogP contribution in [0.25, 0.3) is 6.08 Å². The fourth-order valence-corrected chi connectivity index (χ4v) is 5.45. The lowest BCUT2D eigenvalue weighted by molar-refractivity contribution is -0.116. The SMILES string of the molecule is CCOc1ccccc1/C=C(/NC(=O)c1ccccc1)C(=O)Nc1cccc(SC(CC)C(=O)Nc2ccc(OC)cc2OC)c1. The number of benzene rings is 4. The van der Waals surface area contributed by atoms with E-state index in [1.807, 2.05) is 44.2 Å². The summed E-state index contributed by atoms with van der Waals surface area (Å²) in [5, 5.41) is 8.18. The number of rotatable bonds is 14. The van der Waals surface area contributed by atoms with Crippen molar-refractivity contribution in [3.05, 3.63) is 114 Å². The Kier molecular flexibility index (Phi) is 12.3. The molecule has 0 aromatic heterocycles. The number of carbonyl (C=O) groups excluding carboxylic acids is 3. The summed E-state index contributed by atoms with van der Waals surface area (Å²) in [6.45, 7) is 4.25. The molecular formula is C36H37N3O6S. The van der Waals surface area contributed by atoms with Gasteiger partial charge in [-0.25, -0.2) is 0 Å². The minimum atomic E-state index is -0.519. The summed E-state index contributed by atoms with van der Waals surface area (Å²) in [6, 6.07) is 28.3. The lowest BCUT2D eigenvalue weighted by Crippen LogP contribution is -2.30. The largest absolute Gasteiger partial charge is 0.497 e. The van der Waals surface area contributed by atoms with E-state index in [1.165, 1.54) is 18.9 Å². The van der Waals surface area contributed by atoms with Crippen LogP contribution in [0.5, 0.6) is 17.2 Å². The van der Waals surface area contributed by atoms with Crippen molar-refractivity contribution >= 4 is 46.9 Å². The lowest BCUT2D eigenvalue weighted by atomic mass is 10.1. The van der Waals surface area contributed by atoms with Crippen LogP contribution in [0.1, 0.15) is 36.2 Å². The minimum Gasteiger partial charge on any atom is -0.497 e. The second-order valence-electron chi connectivity index (χ2n) is 9.90. The summed E-state index contributed by atoms with van der Waals surface area (Å²) < 4.78 is 16.4. The van der Waals surface area contributed by atoms with Crippen LogP contribution in [0.3, 0.4) is 0 Å². The third kappa shape index (κ3) is 9.15. The zero-order chi connectivity index (χ0) is 32.9. The molecule has 0 saturated carbocycles. The molecule has 0 aliphatic carbocycles. The Morgan fingerprint density at radius 2 is 1.57 bits per heavy atom. The van der Waals surface area contributed by atoms with E-state index >= 15 is 0 Å². The number of carbonyl (C=O) groups is 3. The third-order valence-corrected chi connectivity index (χ3v) is 8.11. The van der Waals surface area contributed by atoms with E-state index in [0.29, 0.717) is 52.8 Å². The van der Waals surface area contributed by atoms with E-state index in [-0.39, 0.29) is 11.6 Å². The number of hydrogen-bond acceptors (Lipinski definition) is 7. The normalized spacial score (nSPS) is 11.6. The van der Waals surface area contributed by atoms with Gasteiger partial charge < -0.3 is 30.2 Å². The summed E-state index contributed by atoms with van der Waals surface area (Å²) in [7, 11) is 3.09. The Balaban J connectivity index is 1.53. The summed E-state index contributed by atoms with van der Waals surface area (Å²) in [5.74, 6) is 0.557. The van der Waals surface area contributed by atoms with Crippen molar-refractivity contribution < 1.29 is 28.6 Å². The van der Waals surface area contributed by atoms with Gasteiger partial charge in [0.15, 0.2) is 0 Å². The van der Waals surface area contributed by atoms with Crippen molar-refractivity contribution in [1.29, 1.82) is 0 Å². The van der Waals surface area contributed by atoms with Crippen LogP contribution >= 0.6 is 11.8 Å². The van der Waals surface area contributed by atoms with Gasteiger partial charge in [-0.3, -0.25) is 14.4 Å². The Bertz CT molecular complexity index is 1690. The molecule has 0 radical (unpaired) electrons. The molecule has 10 heteroatoms. The Morgan fingerprint density at radius 1 is 0.804 bits per heavy atom. The third-order valence-electron chi connectivity index (χ3n) is 6.75. The van der Waals surface area contributed by atoms with Gasteiger partial charge in [0, 0.05) is 27.8 Å². The molecule has 9 nitrogen and oxygen atoms in total. The van der Waals surface area contributed by atoms with Crippen molar-refractivity contribution in [1.82, 2.24) is 5.32 Å². The van der Waals surface area contributed by atoms with Crippen LogP contribution in [0.2, 0.25) is 0 Å². The summed E-state index contributed by atoms with van der Waals surface area (Å²) in [5.41, 5.74) is 2.13. The zero-order valence-corrected chi connectivity index (χ0v) is 27.0. The highest BCUT2D eigenvalue weighted by atomic mass is 32.2. The number of para-hydroxylation sites is 1. The van der Waals surface area contributed by atoms with E-state index < -0.39 is 17.1 Å². The first-order chi connectivity index (χ1) is 22.3. The summed E-state index contributed by atoms with van der Waals surface area (Å²) in [4.78, 5) is 40.7. The van der Waals surface area contributed by atoms with Gasteiger partial charge in [-0.1, -0.05) is 49.4 Å². The predicted molar refractivity (Wildman–Crippen MR) is 183 cm³/mol. The van der Waals surface area contributed by atoms with E-state index in [2.05, 4.69) is 16.0 Å². The lowest BCUT2D eigenvalue weighted by Gasteiger charge is -2.17. The van der Waals surface area contributed by atoms with E-state index in [4.69, 9.17) is 14.2 Å². The van der Waals surface area contributed by atoms with Gasteiger partial charge in [0.25, 0.3) is 11.8 Å². The molecule has 4 aromatic rings. The van der Waals surface area contributed by atoms with Gasteiger partial charge in [0.2, 0.25) is 5.91 Å². The zero-order valence-electron chi connectivity index (χ0n) is 26.2. The van der Waals surface area contributed by atoms with Crippen molar-refractivity contribution in [2.24, 2.45) is 0 Å². The fraction of sp³-hybridized carbons (Fsp3) is 0.194. The quantitative estimate of drug-likeness (QED) is 0.100. The van der Waals surface area contributed by atoms with E-state index in [9.17, 15) is 14.4 Å². The molecule has 3 amide bonds. The highest BCUT2D eigenvalue weighted by molar-refractivity contribution is 8.00. The molecule has 0 aliphatic rings. The monoisotopic (exact) mass is 639 g/mol. The molecule has 46 heavy (non-hydrogen) atoms. The Hall–Kier alpha value is -5.22. The van der Waals surface area contributed by atoms with Gasteiger partial charge in [-0.05, 0) is 68.0 Å². The maximum absolute atomic E-state index is 13.6. The van der Waals surface area contributed by atoms with Crippen LogP contribution in [-0.4, -0.2) is 43.8 Å². The molecule has 0 bridgehead atoms. The number of nitrogens with one attached hydrogen (secondary N) is 3. The predicted octanol–water partition coefficient (Wildman–Crippen LogP) is 7.02. The molecule has 4 rings (SSSR count). The number of anilines is 2. The molecule has 0 aliphatic heterocycles. The molecule has 1 unspecified atom stereocenters. The molecule has 0 fully saturated rings. The second-order valence-corrected chi connectivity index (χ2v) is 11.2.